The molecule has 1 aromatic rings. The van der Waals surface area contributed by atoms with Crippen LogP contribution in [0.15, 0.2) is 30.3 Å². The molecule has 0 bridgehead atoms. The van der Waals surface area contributed by atoms with Gasteiger partial charge in [-0.05, 0) is 32.9 Å². The first-order chi connectivity index (χ1) is 9.19. The van der Waals surface area contributed by atoms with Gasteiger partial charge >= 0.3 is 0 Å². The van der Waals surface area contributed by atoms with Crippen molar-refractivity contribution in [2.75, 3.05) is 26.2 Å². The number of hydrogen-bond acceptors (Lipinski definition) is 3. The van der Waals surface area contributed by atoms with Crippen molar-refractivity contribution in [1.29, 1.82) is 0 Å². The van der Waals surface area contributed by atoms with Gasteiger partial charge < -0.3 is 15.0 Å². The monoisotopic (exact) mass is 264 g/mol. The molecule has 0 saturated heterocycles. The summed E-state index contributed by atoms with van der Waals surface area (Å²) in [6, 6.07) is 9.51. The Morgan fingerprint density at radius 2 is 1.89 bits per heavy atom. The van der Waals surface area contributed by atoms with E-state index in [9.17, 15) is 4.79 Å². The van der Waals surface area contributed by atoms with Gasteiger partial charge in [0.2, 0.25) is 5.91 Å². The van der Waals surface area contributed by atoms with Gasteiger partial charge in [0.25, 0.3) is 0 Å². The molecule has 1 aromatic carbocycles. The molecule has 0 radical (unpaired) electrons. The van der Waals surface area contributed by atoms with E-state index in [0.717, 1.165) is 18.8 Å². The van der Waals surface area contributed by atoms with E-state index in [2.05, 4.69) is 5.32 Å². The molecule has 0 aliphatic heterocycles. The molecule has 106 valence electrons. The van der Waals surface area contributed by atoms with Crippen molar-refractivity contribution in [3.8, 4) is 5.75 Å². The highest BCUT2D eigenvalue weighted by Gasteiger charge is 2.16. The highest BCUT2D eigenvalue weighted by molar-refractivity contribution is 5.81. The van der Waals surface area contributed by atoms with Crippen LogP contribution in [0, 0.1) is 0 Å². The summed E-state index contributed by atoms with van der Waals surface area (Å²) in [7, 11) is 0. The van der Waals surface area contributed by atoms with Crippen LogP contribution in [0.25, 0.3) is 0 Å². The number of para-hydroxylation sites is 1. The molecule has 1 rings (SSSR count). The zero-order valence-electron chi connectivity index (χ0n) is 12.1. The molecule has 0 saturated carbocycles. The molecule has 1 N–H and O–H groups in total. The topological polar surface area (TPSA) is 41.6 Å². The van der Waals surface area contributed by atoms with Gasteiger partial charge in [-0.25, -0.2) is 0 Å². The van der Waals surface area contributed by atoms with E-state index in [0.29, 0.717) is 13.2 Å². The van der Waals surface area contributed by atoms with Gasteiger partial charge in [-0.1, -0.05) is 18.2 Å². The predicted octanol–water partition coefficient (Wildman–Crippen LogP) is 1.91. The summed E-state index contributed by atoms with van der Waals surface area (Å²) in [4.78, 5) is 13.8. The van der Waals surface area contributed by atoms with Crippen LogP contribution in [-0.2, 0) is 4.79 Å². The highest BCUT2D eigenvalue weighted by atomic mass is 16.5. The lowest BCUT2D eigenvalue weighted by Gasteiger charge is -2.23. The number of nitrogens with one attached hydrogen (secondary N) is 1. The quantitative estimate of drug-likeness (QED) is 0.729. The molecule has 0 aliphatic rings. The average molecular weight is 264 g/mol. The summed E-state index contributed by atoms with van der Waals surface area (Å²) >= 11 is 0. The lowest BCUT2D eigenvalue weighted by Crippen LogP contribution is -2.45. The summed E-state index contributed by atoms with van der Waals surface area (Å²) in [6.45, 7) is 8.59. The zero-order chi connectivity index (χ0) is 14.1. The lowest BCUT2D eigenvalue weighted by molar-refractivity contribution is -0.132. The summed E-state index contributed by atoms with van der Waals surface area (Å²) in [5, 5.41) is 3.19. The molecule has 4 heteroatoms. The lowest BCUT2D eigenvalue weighted by atomic mass is 10.3. The summed E-state index contributed by atoms with van der Waals surface area (Å²) in [6.07, 6.45) is 0. The smallest absolute Gasteiger partial charge is 0.239 e. The van der Waals surface area contributed by atoms with Crippen molar-refractivity contribution < 1.29 is 9.53 Å². The third kappa shape index (κ3) is 5.30. The van der Waals surface area contributed by atoms with Crippen LogP contribution in [0.2, 0.25) is 0 Å². The minimum Gasteiger partial charge on any atom is -0.492 e. The molecule has 4 nitrogen and oxygen atoms in total. The van der Waals surface area contributed by atoms with Crippen LogP contribution in [0.1, 0.15) is 20.8 Å². The van der Waals surface area contributed by atoms with Gasteiger partial charge in [0.1, 0.15) is 12.4 Å². The molecule has 1 atom stereocenters. The van der Waals surface area contributed by atoms with Crippen LogP contribution in [0.3, 0.4) is 0 Å². The fraction of sp³-hybridized carbons (Fsp3) is 0.533. The van der Waals surface area contributed by atoms with E-state index in [4.69, 9.17) is 4.74 Å². The van der Waals surface area contributed by atoms with Crippen LogP contribution in [0.4, 0.5) is 0 Å². The Morgan fingerprint density at radius 3 is 2.47 bits per heavy atom. The third-order valence-corrected chi connectivity index (χ3v) is 3.01. The second-order valence-corrected chi connectivity index (χ2v) is 4.35. The maximum absolute atomic E-state index is 12.0. The van der Waals surface area contributed by atoms with E-state index in [-0.39, 0.29) is 11.9 Å². The fourth-order valence-corrected chi connectivity index (χ4v) is 1.86. The van der Waals surface area contributed by atoms with E-state index < -0.39 is 0 Å². The van der Waals surface area contributed by atoms with Crippen LogP contribution < -0.4 is 10.1 Å². The summed E-state index contributed by atoms with van der Waals surface area (Å²) < 4.78 is 5.56. The van der Waals surface area contributed by atoms with Crippen molar-refractivity contribution >= 4 is 5.91 Å². The molecule has 0 fully saturated rings. The van der Waals surface area contributed by atoms with Crippen molar-refractivity contribution in [2.24, 2.45) is 0 Å². The van der Waals surface area contributed by atoms with Gasteiger partial charge in [0, 0.05) is 19.6 Å². The number of hydrogen-bond donors (Lipinski definition) is 1. The van der Waals surface area contributed by atoms with Gasteiger partial charge in [-0.2, -0.15) is 0 Å². The molecular weight excluding hydrogens is 240 g/mol. The Labute approximate surface area is 115 Å². The number of carbonyl (C=O) groups is 1. The maximum atomic E-state index is 12.0. The minimum atomic E-state index is -0.167. The van der Waals surface area contributed by atoms with E-state index in [1.807, 2.05) is 56.0 Å². The van der Waals surface area contributed by atoms with Gasteiger partial charge in [0.05, 0.1) is 6.04 Å². The Morgan fingerprint density at radius 1 is 1.26 bits per heavy atom. The van der Waals surface area contributed by atoms with E-state index in [1.54, 1.807) is 0 Å². The SMILES string of the molecule is CCN(CC)C(=O)C(C)NCCOc1ccccc1. The first-order valence-corrected chi connectivity index (χ1v) is 6.89. The van der Waals surface area contributed by atoms with E-state index in [1.165, 1.54) is 0 Å². The Balaban J connectivity index is 2.23. The Hall–Kier alpha value is -1.55. The van der Waals surface area contributed by atoms with Crippen molar-refractivity contribution in [1.82, 2.24) is 10.2 Å². The molecule has 1 unspecified atom stereocenters. The second kappa shape index (κ2) is 8.53. The summed E-state index contributed by atoms with van der Waals surface area (Å²) in [5.41, 5.74) is 0. The maximum Gasteiger partial charge on any atom is 0.239 e. The molecule has 1 amide bonds. The molecule has 0 aliphatic carbocycles. The van der Waals surface area contributed by atoms with Crippen molar-refractivity contribution in [3.05, 3.63) is 30.3 Å². The van der Waals surface area contributed by atoms with Crippen LogP contribution in [0.5, 0.6) is 5.75 Å². The average Bonchev–Trinajstić information content (AvgIpc) is 2.45. The standard InChI is InChI=1S/C15H24N2O2/c1-4-17(5-2)15(18)13(3)16-11-12-19-14-9-7-6-8-10-14/h6-10,13,16H,4-5,11-12H2,1-3H3. The number of likely N-dealkylation sites (N-methyl/N-ethyl adjacent to an activating group) is 1. The van der Waals surface area contributed by atoms with Gasteiger partial charge in [-0.15, -0.1) is 0 Å². The van der Waals surface area contributed by atoms with Crippen molar-refractivity contribution in [3.63, 3.8) is 0 Å². The number of nitrogens with zero attached hydrogens (tertiary/aromatic N) is 1. The predicted molar refractivity (Wildman–Crippen MR) is 77.3 cm³/mol. The first kappa shape index (κ1) is 15.5. The van der Waals surface area contributed by atoms with Gasteiger partial charge in [-0.3, -0.25) is 4.79 Å². The number of benzene rings is 1. The number of amides is 1. The molecular formula is C15H24N2O2. The molecule has 0 heterocycles. The normalized spacial score (nSPS) is 11.9. The molecule has 19 heavy (non-hydrogen) atoms. The Bertz CT molecular complexity index is 364. The van der Waals surface area contributed by atoms with Crippen LogP contribution >= 0.6 is 0 Å². The third-order valence-electron chi connectivity index (χ3n) is 3.01. The highest BCUT2D eigenvalue weighted by Crippen LogP contribution is 2.07. The second-order valence-electron chi connectivity index (χ2n) is 4.35. The number of ether oxygens (including phenoxy) is 1. The van der Waals surface area contributed by atoms with Crippen molar-refractivity contribution in [2.45, 2.75) is 26.8 Å². The molecule has 0 aromatic heterocycles. The minimum absolute atomic E-state index is 0.143. The van der Waals surface area contributed by atoms with E-state index >= 15 is 0 Å². The Kier molecular flexibility index (Phi) is 6.97. The number of rotatable bonds is 8. The van der Waals surface area contributed by atoms with Gasteiger partial charge in [0.15, 0.2) is 0 Å². The first-order valence-electron chi connectivity index (χ1n) is 6.89. The fourth-order valence-electron chi connectivity index (χ4n) is 1.86. The zero-order valence-corrected chi connectivity index (χ0v) is 12.1. The summed E-state index contributed by atoms with van der Waals surface area (Å²) in [5.74, 6) is 0.997. The molecule has 0 spiro atoms. The number of carbonyl (C=O) groups excluding carboxylic acids is 1. The van der Waals surface area contributed by atoms with Crippen LogP contribution in [-0.4, -0.2) is 43.1 Å². The largest absolute Gasteiger partial charge is 0.492 e.